The minimum Gasteiger partial charge on any atom is -0.465 e. The molecule has 0 aromatic rings. The number of nitrogens with one attached hydrogen (secondary N) is 1. The molecular weight excluding hydrogens is 276 g/mol. The van der Waals surface area contributed by atoms with Gasteiger partial charge >= 0.3 is 11.9 Å². The summed E-state index contributed by atoms with van der Waals surface area (Å²) in [7, 11) is 2.37. The molecule has 21 heavy (non-hydrogen) atoms. The standard InChI is InChI=1S/C14H24N2O5/c1-13(2,8-15-16-9-14(3,4)19)7-10(11(17)20-5)12(18)21-6/h7-8,16,19H,9H2,1-6H3/b15-8-. The largest absolute Gasteiger partial charge is 0.465 e. The Morgan fingerprint density at radius 2 is 1.62 bits per heavy atom. The SMILES string of the molecule is COC(=O)C(=CC(C)(C)/C=N\NCC(C)(C)O)C(=O)OC. The van der Waals surface area contributed by atoms with Crippen molar-refractivity contribution >= 4 is 18.2 Å². The number of rotatable bonds is 7. The summed E-state index contributed by atoms with van der Waals surface area (Å²) < 4.78 is 9.10. The molecule has 0 bridgehead atoms. The van der Waals surface area contributed by atoms with E-state index in [9.17, 15) is 14.7 Å². The molecule has 0 aliphatic heterocycles. The maximum absolute atomic E-state index is 11.6. The molecule has 0 radical (unpaired) electrons. The van der Waals surface area contributed by atoms with Crippen LogP contribution in [0.4, 0.5) is 0 Å². The molecule has 0 atom stereocenters. The van der Waals surface area contributed by atoms with Gasteiger partial charge in [-0.05, 0) is 13.8 Å². The van der Waals surface area contributed by atoms with E-state index in [2.05, 4.69) is 20.0 Å². The van der Waals surface area contributed by atoms with Crippen molar-refractivity contribution in [1.29, 1.82) is 0 Å². The van der Waals surface area contributed by atoms with Gasteiger partial charge in [0.2, 0.25) is 0 Å². The lowest BCUT2D eigenvalue weighted by atomic mass is 9.92. The third-order valence-corrected chi connectivity index (χ3v) is 2.33. The number of methoxy groups -OCH3 is 2. The number of aliphatic hydroxyl groups is 1. The second-order valence-electron chi connectivity index (χ2n) is 5.77. The quantitative estimate of drug-likeness (QED) is 0.179. The number of hydrazone groups is 1. The van der Waals surface area contributed by atoms with Crippen molar-refractivity contribution < 1.29 is 24.2 Å². The minimum absolute atomic E-state index is 0.195. The Morgan fingerprint density at radius 3 is 2.00 bits per heavy atom. The second kappa shape index (κ2) is 7.78. The molecule has 0 aliphatic rings. The molecule has 7 nitrogen and oxygen atoms in total. The highest BCUT2D eigenvalue weighted by Gasteiger charge is 2.24. The number of hydrogen-bond acceptors (Lipinski definition) is 7. The fourth-order valence-corrected chi connectivity index (χ4v) is 1.28. The zero-order valence-corrected chi connectivity index (χ0v) is 13.4. The Balaban J connectivity index is 5.01. The van der Waals surface area contributed by atoms with E-state index in [0.717, 1.165) is 0 Å². The average molecular weight is 300 g/mol. The van der Waals surface area contributed by atoms with E-state index in [1.165, 1.54) is 26.5 Å². The maximum atomic E-state index is 11.6. The molecule has 0 spiro atoms. The van der Waals surface area contributed by atoms with Gasteiger partial charge in [0.15, 0.2) is 0 Å². The van der Waals surface area contributed by atoms with E-state index in [-0.39, 0.29) is 12.1 Å². The highest BCUT2D eigenvalue weighted by molar-refractivity contribution is 6.14. The van der Waals surface area contributed by atoms with Crippen molar-refractivity contribution in [2.75, 3.05) is 20.8 Å². The number of hydrogen-bond donors (Lipinski definition) is 2. The molecular formula is C14H24N2O5. The molecule has 0 rings (SSSR count). The molecule has 0 amide bonds. The van der Waals surface area contributed by atoms with Crippen LogP contribution in [0.2, 0.25) is 0 Å². The van der Waals surface area contributed by atoms with Crippen LogP contribution >= 0.6 is 0 Å². The first kappa shape index (κ1) is 19.1. The van der Waals surface area contributed by atoms with Crippen LogP contribution in [0.25, 0.3) is 0 Å². The molecule has 0 aromatic carbocycles. The van der Waals surface area contributed by atoms with E-state index in [4.69, 9.17) is 0 Å². The smallest absolute Gasteiger partial charge is 0.344 e. The topological polar surface area (TPSA) is 97.2 Å². The van der Waals surface area contributed by atoms with Crippen LogP contribution in [0.15, 0.2) is 16.8 Å². The first-order valence-corrected chi connectivity index (χ1v) is 6.41. The fourth-order valence-electron chi connectivity index (χ4n) is 1.28. The molecule has 0 heterocycles. The number of allylic oxidation sites excluding steroid dienone is 1. The third-order valence-electron chi connectivity index (χ3n) is 2.33. The highest BCUT2D eigenvalue weighted by atomic mass is 16.5. The molecule has 7 heteroatoms. The van der Waals surface area contributed by atoms with Crippen molar-refractivity contribution in [2.45, 2.75) is 33.3 Å². The van der Waals surface area contributed by atoms with Gasteiger partial charge in [-0.25, -0.2) is 9.59 Å². The predicted molar refractivity (Wildman–Crippen MR) is 78.7 cm³/mol. The van der Waals surface area contributed by atoms with Crippen molar-refractivity contribution in [3.63, 3.8) is 0 Å². The van der Waals surface area contributed by atoms with E-state index in [1.54, 1.807) is 27.7 Å². The van der Waals surface area contributed by atoms with Crippen molar-refractivity contribution in [3.05, 3.63) is 11.6 Å². The summed E-state index contributed by atoms with van der Waals surface area (Å²) in [6.45, 7) is 7.08. The third kappa shape index (κ3) is 8.09. The van der Waals surface area contributed by atoms with Crippen LogP contribution < -0.4 is 5.43 Å². The van der Waals surface area contributed by atoms with Crippen LogP contribution in [-0.4, -0.2) is 49.6 Å². The molecule has 0 saturated heterocycles. The summed E-state index contributed by atoms with van der Waals surface area (Å²) in [6, 6.07) is 0. The number of ether oxygens (including phenoxy) is 2. The van der Waals surface area contributed by atoms with Crippen LogP contribution in [-0.2, 0) is 19.1 Å². The molecule has 2 N–H and O–H groups in total. The summed E-state index contributed by atoms with van der Waals surface area (Å²) in [5.41, 5.74) is 0.925. The molecule has 0 saturated carbocycles. The lowest BCUT2D eigenvalue weighted by Crippen LogP contribution is -2.32. The fraction of sp³-hybridized carbons (Fsp3) is 0.643. The molecule has 0 fully saturated rings. The zero-order chi connectivity index (χ0) is 16.7. The van der Waals surface area contributed by atoms with Gasteiger partial charge in [-0.2, -0.15) is 5.10 Å². The van der Waals surface area contributed by atoms with Crippen LogP contribution in [0.1, 0.15) is 27.7 Å². The van der Waals surface area contributed by atoms with Gasteiger partial charge in [0.25, 0.3) is 0 Å². The van der Waals surface area contributed by atoms with Crippen molar-refractivity contribution in [2.24, 2.45) is 10.5 Å². The summed E-state index contributed by atoms with van der Waals surface area (Å²) in [5.74, 6) is -1.54. The van der Waals surface area contributed by atoms with Crippen molar-refractivity contribution in [1.82, 2.24) is 5.43 Å². The summed E-state index contributed by atoms with van der Waals surface area (Å²) >= 11 is 0. The monoisotopic (exact) mass is 300 g/mol. The zero-order valence-electron chi connectivity index (χ0n) is 13.4. The summed E-state index contributed by atoms with van der Waals surface area (Å²) in [5, 5.41) is 13.5. The first-order valence-electron chi connectivity index (χ1n) is 6.41. The molecule has 0 aromatic heterocycles. The number of carbonyl (C=O) groups is 2. The molecule has 0 unspecified atom stereocenters. The summed E-state index contributed by atoms with van der Waals surface area (Å²) in [4.78, 5) is 23.1. The van der Waals surface area contributed by atoms with Crippen LogP contribution in [0.5, 0.6) is 0 Å². The van der Waals surface area contributed by atoms with Gasteiger partial charge < -0.3 is 20.0 Å². The Kier molecular flexibility index (Phi) is 7.08. The van der Waals surface area contributed by atoms with E-state index >= 15 is 0 Å². The minimum atomic E-state index is -0.888. The summed E-state index contributed by atoms with van der Waals surface area (Å²) in [6.07, 6.45) is 2.94. The lowest BCUT2D eigenvalue weighted by molar-refractivity contribution is -0.144. The predicted octanol–water partition coefficient (Wildman–Crippen LogP) is 0.631. The van der Waals surface area contributed by atoms with Gasteiger partial charge in [0, 0.05) is 11.6 Å². The van der Waals surface area contributed by atoms with E-state index in [0.29, 0.717) is 0 Å². The van der Waals surface area contributed by atoms with Crippen LogP contribution in [0, 0.1) is 5.41 Å². The molecule has 120 valence electrons. The highest BCUT2D eigenvalue weighted by Crippen LogP contribution is 2.18. The Hall–Kier alpha value is -1.89. The number of nitrogens with zero attached hydrogens (tertiary/aromatic N) is 1. The number of esters is 2. The Morgan fingerprint density at radius 1 is 1.14 bits per heavy atom. The van der Waals surface area contributed by atoms with Gasteiger partial charge in [-0.1, -0.05) is 19.9 Å². The van der Waals surface area contributed by atoms with E-state index < -0.39 is 23.0 Å². The van der Waals surface area contributed by atoms with Crippen LogP contribution in [0.3, 0.4) is 0 Å². The average Bonchev–Trinajstić information content (AvgIpc) is 2.38. The second-order valence-corrected chi connectivity index (χ2v) is 5.77. The van der Waals surface area contributed by atoms with Crippen molar-refractivity contribution in [3.8, 4) is 0 Å². The first-order chi connectivity index (χ1) is 9.52. The van der Waals surface area contributed by atoms with Gasteiger partial charge in [0.1, 0.15) is 5.57 Å². The molecule has 0 aliphatic carbocycles. The van der Waals surface area contributed by atoms with E-state index in [1.807, 2.05) is 0 Å². The van der Waals surface area contributed by atoms with Gasteiger partial charge in [-0.3, -0.25) is 0 Å². The number of carbonyl (C=O) groups excluding carboxylic acids is 2. The van der Waals surface area contributed by atoms with Gasteiger partial charge in [-0.15, -0.1) is 0 Å². The Labute approximate surface area is 125 Å². The normalized spacial score (nSPS) is 12.0. The maximum Gasteiger partial charge on any atom is 0.344 e. The van der Waals surface area contributed by atoms with Gasteiger partial charge in [0.05, 0.1) is 26.4 Å². The Bertz CT molecular complexity index is 415. The lowest BCUT2D eigenvalue weighted by Gasteiger charge is -2.18.